The molecule has 0 radical (unpaired) electrons. The maximum atomic E-state index is 13.7. The fraction of sp³-hybridized carbons (Fsp3) is 0.200. The van der Waals surface area contributed by atoms with E-state index in [0.29, 0.717) is 17.0 Å². The first-order chi connectivity index (χ1) is 9.91. The smallest absolute Gasteiger partial charge is 0.232 e. The van der Waals surface area contributed by atoms with Crippen molar-refractivity contribution in [1.82, 2.24) is 0 Å². The van der Waals surface area contributed by atoms with Crippen LogP contribution in [0.3, 0.4) is 0 Å². The van der Waals surface area contributed by atoms with Crippen LogP contribution in [-0.4, -0.2) is 21.8 Å². The van der Waals surface area contributed by atoms with Crippen molar-refractivity contribution in [1.29, 1.82) is 0 Å². The van der Waals surface area contributed by atoms with Crippen molar-refractivity contribution in [3.8, 4) is 5.75 Å². The van der Waals surface area contributed by atoms with Gasteiger partial charge >= 0.3 is 0 Å². The van der Waals surface area contributed by atoms with Crippen molar-refractivity contribution in [2.75, 3.05) is 17.7 Å². The van der Waals surface area contributed by atoms with E-state index in [0.717, 1.165) is 10.6 Å². The third kappa shape index (κ3) is 3.72. The Hall–Kier alpha value is -2.08. The van der Waals surface area contributed by atoms with E-state index in [1.54, 1.807) is 42.5 Å². The Bertz CT molecular complexity index is 714. The molecular weight excluding hydrogens is 293 g/mol. The Morgan fingerprint density at radius 2 is 1.71 bits per heavy atom. The van der Waals surface area contributed by atoms with Gasteiger partial charge in [-0.05, 0) is 30.3 Å². The fourth-order valence-corrected chi connectivity index (χ4v) is 2.81. The van der Waals surface area contributed by atoms with Crippen LogP contribution in [0.4, 0.5) is 10.1 Å². The highest BCUT2D eigenvalue weighted by atomic mass is 32.2. The number of nitrogens with zero attached hydrogens (tertiary/aromatic N) is 1. The monoisotopic (exact) mass is 309 g/mol. The van der Waals surface area contributed by atoms with Gasteiger partial charge in [0.2, 0.25) is 10.0 Å². The second-order valence-electron chi connectivity index (χ2n) is 4.56. The van der Waals surface area contributed by atoms with Gasteiger partial charge in [-0.15, -0.1) is 0 Å². The van der Waals surface area contributed by atoms with Crippen LogP contribution in [-0.2, 0) is 16.6 Å². The zero-order chi connectivity index (χ0) is 15.5. The number of rotatable bonds is 5. The van der Waals surface area contributed by atoms with Gasteiger partial charge < -0.3 is 4.74 Å². The van der Waals surface area contributed by atoms with Crippen molar-refractivity contribution in [3.63, 3.8) is 0 Å². The Morgan fingerprint density at radius 3 is 2.24 bits per heavy atom. The number of benzene rings is 2. The first-order valence-corrected chi connectivity index (χ1v) is 8.12. The lowest BCUT2D eigenvalue weighted by Crippen LogP contribution is -2.29. The van der Waals surface area contributed by atoms with Crippen LogP contribution in [0, 0.1) is 5.82 Å². The largest absolute Gasteiger partial charge is 0.497 e. The Morgan fingerprint density at radius 1 is 1.10 bits per heavy atom. The maximum Gasteiger partial charge on any atom is 0.232 e. The van der Waals surface area contributed by atoms with Crippen molar-refractivity contribution in [2.24, 2.45) is 0 Å². The number of methoxy groups -OCH3 is 1. The van der Waals surface area contributed by atoms with E-state index in [-0.39, 0.29) is 6.54 Å². The Labute approximate surface area is 123 Å². The summed E-state index contributed by atoms with van der Waals surface area (Å²) >= 11 is 0. The molecule has 6 heteroatoms. The summed E-state index contributed by atoms with van der Waals surface area (Å²) in [6, 6.07) is 12.7. The van der Waals surface area contributed by atoms with Gasteiger partial charge in [-0.2, -0.15) is 0 Å². The molecule has 0 bridgehead atoms. The molecule has 0 aromatic heterocycles. The molecule has 4 nitrogen and oxygen atoms in total. The van der Waals surface area contributed by atoms with Crippen LogP contribution in [0.25, 0.3) is 0 Å². The number of hydrogen-bond donors (Lipinski definition) is 0. The molecule has 0 saturated carbocycles. The normalized spacial score (nSPS) is 11.2. The van der Waals surface area contributed by atoms with Crippen molar-refractivity contribution in [2.45, 2.75) is 6.54 Å². The first kappa shape index (κ1) is 15.3. The molecule has 0 spiro atoms. The van der Waals surface area contributed by atoms with E-state index < -0.39 is 15.8 Å². The molecule has 0 aliphatic carbocycles. The van der Waals surface area contributed by atoms with E-state index in [1.807, 2.05) is 0 Å². The molecule has 0 atom stereocenters. The van der Waals surface area contributed by atoms with Crippen molar-refractivity contribution >= 4 is 15.7 Å². The zero-order valence-corrected chi connectivity index (χ0v) is 12.6. The van der Waals surface area contributed by atoms with Gasteiger partial charge in [-0.1, -0.05) is 18.2 Å². The highest BCUT2D eigenvalue weighted by Crippen LogP contribution is 2.24. The second kappa shape index (κ2) is 6.13. The van der Waals surface area contributed by atoms with Crippen LogP contribution in [0.15, 0.2) is 48.5 Å². The molecular formula is C15H16FNO3S. The van der Waals surface area contributed by atoms with Crippen LogP contribution >= 0.6 is 0 Å². The van der Waals surface area contributed by atoms with Gasteiger partial charge in [0, 0.05) is 5.56 Å². The lowest BCUT2D eigenvalue weighted by Gasteiger charge is -2.23. The first-order valence-electron chi connectivity index (χ1n) is 6.27. The maximum absolute atomic E-state index is 13.7. The van der Waals surface area contributed by atoms with E-state index in [4.69, 9.17) is 4.74 Å². The molecule has 0 saturated heterocycles. The quantitative estimate of drug-likeness (QED) is 0.853. The molecule has 0 aliphatic heterocycles. The average Bonchev–Trinajstić information content (AvgIpc) is 2.45. The predicted molar refractivity (Wildman–Crippen MR) is 80.4 cm³/mol. The van der Waals surface area contributed by atoms with Gasteiger partial charge in [0.1, 0.15) is 11.6 Å². The van der Waals surface area contributed by atoms with Gasteiger partial charge in [-0.3, -0.25) is 4.31 Å². The van der Waals surface area contributed by atoms with E-state index >= 15 is 0 Å². The minimum Gasteiger partial charge on any atom is -0.497 e. The summed E-state index contributed by atoms with van der Waals surface area (Å²) < 4.78 is 43.9. The summed E-state index contributed by atoms with van der Waals surface area (Å²) in [5, 5.41) is 0. The molecule has 0 N–H and O–H groups in total. The van der Waals surface area contributed by atoms with Gasteiger partial charge in [0.25, 0.3) is 0 Å². The molecule has 2 aromatic carbocycles. The van der Waals surface area contributed by atoms with Gasteiger partial charge in [0.15, 0.2) is 0 Å². The van der Waals surface area contributed by atoms with E-state index in [1.165, 1.54) is 13.2 Å². The molecule has 2 aromatic rings. The minimum absolute atomic E-state index is 0.0577. The third-order valence-corrected chi connectivity index (χ3v) is 4.17. The van der Waals surface area contributed by atoms with Crippen LogP contribution in [0.1, 0.15) is 5.56 Å². The molecule has 0 amide bonds. The van der Waals surface area contributed by atoms with Crippen LogP contribution in [0.2, 0.25) is 0 Å². The van der Waals surface area contributed by atoms with Crippen LogP contribution in [0.5, 0.6) is 5.75 Å². The molecule has 0 aliphatic rings. The van der Waals surface area contributed by atoms with Gasteiger partial charge in [-0.25, -0.2) is 12.8 Å². The number of hydrogen-bond acceptors (Lipinski definition) is 3. The Balaban J connectivity index is 2.37. The number of sulfonamides is 1. The van der Waals surface area contributed by atoms with E-state index in [9.17, 15) is 12.8 Å². The van der Waals surface area contributed by atoms with Crippen molar-refractivity contribution in [3.05, 3.63) is 59.9 Å². The van der Waals surface area contributed by atoms with E-state index in [2.05, 4.69) is 0 Å². The number of ether oxygens (including phenoxy) is 1. The zero-order valence-electron chi connectivity index (χ0n) is 11.8. The minimum atomic E-state index is -3.53. The third-order valence-electron chi connectivity index (χ3n) is 3.03. The van der Waals surface area contributed by atoms with Crippen molar-refractivity contribution < 1.29 is 17.5 Å². The summed E-state index contributed by atoms with van der Waals surface area (Å²) in [6.07, 6.45) is 1.10. The highest BCUT2D eigenvalue weighted by molar-refractivity contribution is 7.92. The molecule has 0 heterocycles. The number of halogens is 1. The molecule has 112 valence electrons. The molecule has 0 unspecified atom stereocenters. The highest BCUT2D eigenvalue weighted by Gasteiger charge is 2.19. The molecule has 0 fully saturated rings. The molecule has 21 heavy (non-hydrogen) atoms. The summed E-state index contributed by atoms with van der Waals surface area (Å²) in [5.41, 5.74) is 0.778. The fourth-order valence-electron chi connectivity index (χ4n) is 1.93. The van der Waals surface area contributed by atoms with Crippen LogP contribution < -0.4 is 9.04 Å². The summed E-state index contributed by atoms with van der Waals surface area (Å²) in [5.74, 6) is 0.192. The second-order valence-corrected chi connectivity index (χ2v) is 6.47. The summed E-state index contributed by atoms with van der Waals surface area (Å²) in [6.45, 7) is -0.0577. The SMILES string of the molecule is COc1ccc(N(Cc2ccccc2F)S(C)(=O)=O)cc1. The van der Waals surface area contributed by atoms with Gasteiger partial charge in [0.05, 0.1) is 25.6 Å². The number of anilines is 1. The lowest BCUT2D eigenvalue weighted by atomic mass is 10.2. The predicted octanol–water partition coefficient (Wildman–Crippen LogP) is 2.80. The summed E-state index contributed by atoms with van der Waals surface area (Å²) in [7, 11) is -2.00. The average molecular weight is 309 g/mol. The lowest BCUT2D eigenvalue weighted by molar-refractivity contribution is 0.415. The summed E-state index contributed by atoms with van der Waals surface area (Å²) in [4.78, 5) is 0. The standard InChI is InChI=1S/C15H16FNO3S/c1-20-14-9-7-13(8-10-14)17(21(2,18)19)11-12-5-3-4-6-15(12)16/h3-10H,11H2,1-2H3. The molecule has 2 rings (SSSR count). The Kier molecular flexibility index (Phi) is 4.47. The topological polar surface area (TPSA) is 46.6 Å².